The number of rotatable bonds is 8. The number of hydrogen-bond acceptors (Lipinski definition) is 7. The first-order chi connectivity index (χ1) is 28.1. The monoisotopic (exact) mass is 790 g/mol. The first-order valence-corrected chi connectivity index (χ1v) is 19.6. The van der Waals surface area contributed by atoms with Gasteiger partial charge in [0, 0.05) is 16.5 Å². The van der Waals surface area contributed by atoms with Gasteiger partial charge in [0.1, 0.15) is 17.2 Å². The topological polar surface area (TPSA) is 113 Å². The number of phenols is 1. The van der Waals surface area contributed by atoms with Gasteiger partial charge in [-0.05, 0) is 96.1 Å². The van der Waals surface area contributed by atoms with Crippen molar-refractivity contribution < 1.29 is 33.8 Å². The number of ether oxygens (including phenoxy) is 2. The maximum absolute atomic E-state index is 15.4. The summed E-state index contributed by atoms with van der Waals surface area (Å²) in [6, 6.07) is 35.6. The van der Waals surface area contributed by atoms with Crippen LogP contribution >= 0.6 is 11.6 Å². The number of nitrogens with zero attached hydrogens (tertiary/aromatic N) is 2. The van der Waals surface area contributed by atoms with Crippen LogP contribution in [0.3, 0.4) is 0 Å². The Balaban J connectivity index is 1.11. The van der Waals surface area contributed by atoms with Crippen LogP contribution in [-0.4, -0.2) is 43.0 Å². The van der Waals surface area contributed by atoms with Gasteiger partial charge >= 0.3 is 0 Å². The van der Waals surface area contributed by atoms with Crippen LogP contribution in [-0.2, 0) is 24.6 Å². The molecule has 9 nitrogen and oxygen atoms in total. The first-order valence-electron chi connectivity index (χ1n) is 19.2. The van der Waals surface area contributed by atoms with Crippen molar-refractivity contribution in [2.45, 2.75) is 24.2 Å². The molecule has 58 heavy (non-hydrogen) atoms. The smallest absolute Gasteiger partial charge is 0.246 e. The van der Waals surface area contributed by atoms with Gasteiger partial charge in [-0.3, -0.25) is 24.1 Å². The Morgan fingerprint density at radius 1 is 0.724 bits per heavy atom. The second kappa shape index (κ2) is 14.5. The van der Waals surface area contributed by atoms with Gasteiger partial charge in [0.2, 0.25) is 23.6 Å². The van der Waals surface area contributed by atoms with Crippen molar-refractivity contribution in [3.63, 3.8) is 0 Å². The summed E-state index contributed by atoms with van der Waals surface area (Å²) in [5.41, 5.74) is 3.19. The Bertz CT molecular complexity index is 2550. The van der Waals surface area contributed by atoms with Crippen LogP contribution in [0, 0.1) is 23.7 Å². The molecule has 1 N–H and O–H groups in total. The van der Waals surface area contributed by atoms with Crippen molar-refractivity contribution in [3.05, 3.63) is 160 Å². The molecular weight excluding hydrogens is 752 g/mol. The summed E-state index contributed by atoms with van der Waals surface area (Å²) in [7, 11) is 3.21. The number of benzene rings is 5. The van der Waals surface area contributed by atoms with E-state index >= 15 is 4.79 Å². The number of imide groups is 2. The maximum atomic E-state index is 15.4. The molecule has 0 bridgehead atoms. The Labute approximate surface area is 340 Å². The normalized spacial score (nSPS) is 25.1. The summed E-state index contributed by atoms with van der Waals surface area (Å²) >= 11 is 6.42. The molecule has 2 saturated heterocycles. The third-order valence-electron chi connectivity index (χ3n) is 12.4. The van der Waals surface area contributed by atoms with E-state index < -0.39 is 46.8 Å². The maximum Gasteiger partial charge on any atom is 0.246 e. The first kappa shape index (κ1) is 37.1. The van der Waals surface area contributed by atoms with E-state index in [4.69, 9.17) is 21.1 Å². The number of phenolic OH excluding ortho intramolecular Hbond substituents is 1. The lowest BCUT2D eigenvalue weighted by atomic mass is 9.49. The second-order valence-corrected chi connectivity index (χ2v) is 15.7. The van der Waals surface area contributed by atoms with Crippen LogP contribution < -0.4 is 19.3 Å². The molecule has 2 aliphatic carbocycles. The number of carbonyl (C=O) groups is 4. The molecule has 6 atom stereocenters. The van der Waals surface area contributed by atoms with Crippen molar-refractivity contribution in [1.82, 2.24) is 0 Å². The van der Waals surface area contributed by atoms with Gasteiger partial charge in [-0.1, -0.05) is 96.1 Å². The Morgan fingerprint density at radius 3 is 2.22 bits per heavy atom. The summed E-state index contributed by atoms with van der Waals surface area (Å²) in [6.45, 7) is 0. The van der Waals surface area contributed by atoms with Crippen molar-refractivity contribution in [3.8, 4) is 17.2 Å². The molecule has 6 unspecified atom stereocenters. The molecule has 3 fully saturated rings. The van der Waals surface area contributed by atoms with Crippen molar-refractivity contribution >= 4 is 58.8 Å². The van der Waals surface area contributed by atoms with E-state index in [9.17, 15) is 19.5 Å². The molecule has 2 aliphatic heterocycles. The summed E-state index contributed by atoms with van der Waals surface area (Å²) in [4.78, 5) is 61.9. The molecule has 10 heteroatoms. The summed E-state index contributed by atoms with van der Waals surface area (Å²) in [6.07, 6.45) is 6.29. The number of hydrogen-bond donors (Lipinski definition) is 1. The number of methoxy groups -OCH3 is 2. The average molecular weight is 791 g/mol. The molecule has 1 saturated carbocycles. The molecule has 4 aliphatic rings. The number of halogens is 1. The van der Waals surface area contributed by atoms with Crippen LogP contribution in [0.25, 0.3) is 12.2 Å². The number of fused-ring (bicyclic) bond motifs is 4. The molecule has 0 radical (unpaired) electrons. The Kier molecular flexibility index (Phi) is 9.28. The lowest BCUT2D eigenvalue weighted by Crippen LogP contribution is -2.53. The Hall–Kier alpha value is -6.45. The lowest BCUT2D eigenvalue weighted by Gasteiger charge is -2.50. The van der Waals surface area contributed by atoms with Crippen LogP contribution in [0.15, 0.2) is 133 Å². The third-order valence-corrected chi connectivity index (χ3v) is 12.6. The van der Waals surface area contributed by atoms with Crippen LogP contribution in [0.1, 0.15) is 41.0 Å². The standard InChI is InChI=1S/C48H39ClN2O7/c1-57-36-20-23-41(58-2)29(25-36)17-14-28-15-18-33(19-16-28)50-44(53)38-22-21-37-39(42(38)46(50)55)27-40-45(54)51(34-12-7-11-32(49)26-34)47(56)48(40,31-9-4-3-5-10-31)43(37)30-8-6-13-35(52)24-30/h3-21,23-26,38-40,42-43,52H,22,27H2,1-2H3. The summed E-state index contributed by atoms with van der Waals surface area (Å²) < 4.78 is 10.9. The number of anilines is 2. The molecule has 9 rings (SSSR count). The van der Waals surface area contributed by atoms with E-state index in [0.29, 0.717) is 39.0 Å². The minimum Gasteiger partial charge on any atom is -0.508 e. The summed E-state index contributed by atoms with van der Waals surface area (Å²) in [5.74, 6) is -3.62. The molecule has 2 heterocycles. The minimum absolute atomic E-state index is 0.0105. The van der Waals surface area contributed by atoms with E-state index in [-0.39, 0.29) is 30.4 Å². The van der Waals surface area contributed by atoms with Gasteiger partial charge < -0.3 is 14.6 Å². The fraction of sp³-hybridized carbons (Fsp3) is 0.208. The van der Waals surface area contributed by atoms with E-state index in [0.717, 1.165) is 16.7 Å². The van der Waals surface area contributed by atoms with Gasteiger partial charge in [-0.2, -0.15) is 0 Å². The molecule has 4 amide bonds. The predicted molar refractivity (Wildman–Crippen MR) is 222 cm³/mol. The zero-order valence-corrected chi connectivity index (χ0v) is 32.5. The van der Waals surface area contributed by atoms with Gasteiger partial charge in [0.15, 0.2) is 0 Å². The highest BCUT2D eigenvalue weighted by molar-refractivity contribution is 6.32. The molecule has 5 aromatic rings. The largest absolute Gasteiger partial charge is 0.508 e. The molecular formula is C48H39ClN2O7. The van der Waals surface area contributed by atoms with E-state index in [1.54, 1.807) is 68.8 Å². The van der Waals surface area contributed by atoms with E-state index in [2.05, 4.69) is 0 Å². The quantitative estimate of drug-likeness (QED) is 0.0952. The van der Waals surface area contributed by atoms with Gasteiger partial charge in [-0.15, -0.1) is 0 Å². The highest BCUT2D eigenvalue weighted by atomic mass is 35.5. The molecule has 290 valence electrons. The summed E-state index contributed by atoms with van der Waals surface area (Å²) in [5, 5.41) is 11.2. The van der Waals surface area contributed by atoms with Crippen LogP contribution in [0.2, 0.25) is 5.02 Å². The highest BCUT2D eigenvalue weighted by Gasteiger charge is 2.70. The van der Waals surface area contributed by atoms with E-state index in [1.807, 2.05) is 85.0 Å². The number of amides is 4. The zero-order chi connectivity index (χ0) is 40.3. The Morgan fingerprint density at radius 2 is 1.50 bits per heavy atom. The fourth-order valence-corrected chi connectivity index (χ4v) is 10.2. The molecule has 5 aromatic carbocycles. The van der Waals surface area contributed by atoms with Gasteiger partial charge in [0.25, 0.3) is 0 Å². The van der Waals surface area contributed by atoms with Crippen molar-refractivity contribution in [2.75, 3.05) is 24.0 Å². The van der Waals surface area contributed by atoms with Gasteiger partial charge in [-0.25, -0.2) is 4.90 Å². The van der Waals surface area contributed by atoms with Crippen molar-refractivity contribution in [1.29, 1.82) is 0 Å². The molecule has 0 spiro atoms. The van der Waals surface area contributed by atoms with E-state index in [1.165, 1.54) is 9.80 Å². The number of carbonyl (C=O) groups excluding carboxylic acids is 4. The number of allylic oxidation sites excluding steroid dienone is 2. The van der Waals surface area contributed by atoms with Crippen LogP contribution in [0.5, 0.6) is 17.2 Å². The van der Waals surface area contributed by atoms with Crippen molar-refractivity contribution in [2.24, 2.45) is 23.7 Å². The van der Waals surface area contributed by atoms with Crippen LogP contribution in [0.4, 0.5) is 11.4 Å². The number of aromatic hydroxyl groups is 1. The lowest BCUT2D eigenvalue weighted by molar-refractivity contribution is -0.127. The second-order valence-electron chi connectivity index (χ2n) is 15.2. The SMILES string of the molecule is COc1ccc(OC)c(C=Cc2ccc(N3C(=O)C4CC=C5C(CC6C(=O)N(c7cccc(Cl)c7)C(=O)C6(c6ccccc6)C5c5cccc(O)c5)C4C3=O)cc2)c1. The fourth-order valence-electron chi connectivity index (χ4n) is 9.97. The minimum atomic E-state index is -1.42. The van der Waals surface area contributed by atoms with Gasteiger partial charge in [0.05, 0.1) is 48.8 Å². The molecule has 0 aromatic heterocycles. The average Bonchev–Trinajstić information content (AvgIpc) is 3.63. The predicted octanol–water partition coefficient (Wildman–Crippen LogP) is 8.60. The highest BCUT2D eigenvalue weighted by Crippen LogP contribution is 2.64. The zero-order valence-electron chi connectivity index (χ0n) is 31.7. The third kappa shape index (κ3) is 5.75.